The van der Waals surface area contributed by atoms with Crippen molar-refractivity contribution in [2.24, 2.45) is 5.73 Å². The summed E-state index contributed by atoms with van der Waals surface area (Å²) in [6.07, 6.45) is 4.91. The molecule has 0 saturated heterocycles. The van der Waals surface area contributed by atoms with Gasteiger partial charge >= 0.3 is 0 Å². The summed E-state index contributed by atoms with van der Waals surface area (Å²) in [5.41, 5.74) is 8.99. The number of carbonyl (C=O) groups excluding carboxylic acids is 2. The lowest BCUT2D eigenvalue weighted by Gasteiger charge is -2.12. The van der Waals surface area contributed by atoms with Gasteiger partial charge in [0.1, 0.15) is 0 Å². The van der Waals surface area contributed by atoms with Gasteiger partial charge in [-0.15, -0.1) is 0 Å². The first-order valence-corrected chi connectivity index (χ1v) is 9.23. The average molecular weight is 364 g/mol. The van der Waals surface area contributed by atoms with Gasteiger partial charge in [-0.05, 0) is 45.6 Å². The van der Waals surface area contributed by atoms with Crippen molar-refractivity contribution in [3.8, 4) is 0 Å². The first kappa shape index (κ1) is 26.1. The Kier molecular flexibility index (Phi) is 16.4. The minimum absolute atomic E-state index is 0.0387. The van der Waals surface area contributed by atoms with Gasteiger partial charge in [0.2, 0.25) is 0 Å². The quantitative estimate of drug-likeness (QED) is 0.383. The molecule has 1 aromatic rings. The molecule has 0 fully saturated rings. The first-order valence-electron chi connectivity index (χ1n) is 9.23. The number of allylic oxidation sites excluding steroid dienone is 2. The minimum atomic E-state index is -0.0387. The van der Waals surface area contributed by atoms with Crippen LogP contribution in [0.5, 0.6) is 0 Å². The third-order valence-electron chi connectivity index (χ3n) is 3.47. The highest BCUT2D eigenvalue weighted by molar-refractivity contribution is 6.11. The standard InChI is InChI=1S/C15H20N2O2.C4H10.C2H7N/c1-4-5-14(16)13(9-18)12-8-11(10(2)19)6-7-15(12)17-3;1-3-4-2;1-3-2/h6-9,17H,4-5,16H2,1-3H3;3-4H2,1-2H3;3H,1-2H3/b14-13+;;. The molecule has 1 rings (SSSR count). The molecular formula is C21H37N3O2. The van der Waals surface area contributed by atoms with Crippen molar-refractivity contribution in [1.82, 2.24) is 5.32 Å². The zero-order valence-electron chi connectivity index (χ0n) is 17.5. The van der Waals surface area contributed by atoms with Gasteiger partial charge in [0.05, 0.1) is 0 Å². The molecule has 26 heavy (non-hydrogen) atoms. The van der Waals surface area contributed by atoms with Crippen molar-refractivity contribution >= 4 is 23.3 Å². The van der Waals surface area contributed by atoms with Gasteiger partial charge in [0.25, 0.3) is 0 Å². The molecule has 0 atom stereocenters. The number of carbonyl (C=O) groups is 2. The van der Waals surface area contributed by atoms with E-state index in [1.807, 2.05) is 21.0 Å². The average Bonchev–Trinajstić information content (AvgIpc) is 2.63. The van der Waals surface area contributed by atoms with Crippen molar-refractivity contribution in [1.29, 1.82) is 0 Å². The molecule has 1 aromatic carbocycles. The molecule has 0 aliphatic rings. The summed E-state index contributed by atoms with van der Waals surface area (Å²) in [4.78, 5) is 22.8. The summed E-state index contributed by atoms with van der Waals surface area (Å²) >= 11 is 0. The molecule has 0 aromatic heterocycles. The largest absolute Gasteiger partial charge is 0.401 e. The van der Waals surface area contributed by atoms with Crippen molar-refractivity contribution in [2.45, 2.75) is 53.4 Å². The van der Waals surface area contributed by atoms with Gasteiger partial charge in [0.15, 0.2) is 12.1 Å². The molecule has 148 valence electrons. The Morgan fingerprint density at radius 2 is 1.62 bits per heavy atom. The third-order valence-corrected chi connectivity index (χ3v) is 3.47. The molecule has 0 radical (unpaired) electrons. The lowest BCUT2D eigenvalue weighted by molar-refractivity contribution is -0.103. The Bertz CT molecular complexity index is 564. The number of hydrogen-bond donors (Lipinski definition) is 3. The number of nitrogens with two attached hydrogens (primary N) is 1. The summed E-state index contributed by atoms with van der Waals surface area (Å²) in [5, 5.41) is 5.76. The minimum Gasteiger partial charge on any atom is -0.401 e. The number of unbranched alkanes of at least 4 members (excludes halogenated alkanes) is 1. The Morgan fingerprint density at radius 1 is 1.08 bits per heavy atom. The van der Waals surface area contributed by atoms with Gasteiger partial charge in [-0.2, -0.15) is 0 Å². The Morgan fingerprint density at radius 3 is 1.96 bits per heavy atom. The van der Waals surface area contributed by atoms with Crippen LogP contribution in [0.25, 0.3) is 5.57 Å². The number of rotatable bonds is 7. The number of Topliss-reactive ketones (excluding diaryl/α,β-unsaturated/α-hetero) is 1. The van der Waals surface area contributed by atoms with Crippen LogP contribution in [0, 0.1) is 0 Å². The topological polar surface area (TPSA) is 84.2 Å². The van der Waals surface area contributed by atoms with Crippen LogP contribution in [0.15, 0.2) is 23.9 Å². The molecule has 0 aliphatic carbocycles. The number of ketones is 1. The zero-order valence-corrected chi connectivity index (χ0v) is 17.5. The Hall–Kier alpha value is -2.14. The molecule has 4 N–H and O–H groups in total. The first-order chi connectivity index (χ1) is 12.4. The van der Waals surface area contributed by atoms with Crippen LogP contribution in [0.1, 0.15) is 69.3 Å². The van der Waals surface area contributed by atoms with Crippen LogP contribution in [0.2, 0.25) is 0 Å². The molecule has 0 unspecified atom stereocenters. The number of benzene rings is 1. The van der Waals surface area contributed by atoms with E-state index in [4.69, 9.17) is 5.73 Å². The van der Waals surface area contributed by atoms with Gasteiger partial charge in [-0.1, -0.05) is 40.0 Å². The number of hydrogen-bond acceptors (Lipinski definition) is 5. The second-order valence-corrected chi connectivity index (χ2v) is 5.87. The van der Waals surface area contributed by atoms with Crippen LogP contribution in [0.4, 0.5) is 5.69 Å². The van der Waals surface area contributed by atoms with E-state index < -0.39 is 0 Å². The van der Waals surface area contributed by atoms with E-state index in [1.54, 1.807) is 25.2 Å². The third kappa shape index (κ3) is 9.99. The maximum atomic E-state index is 11.4. The predicted octanol–water partition coefficient (Wildman–Crippen LogP) is 4.24. The fourth-order valence-electron chi connectivity index (χ4n) is 1.92. The van der Waals surface area contributed by atoms with Crippen molar-refractivity contribution in [3.63, 3.8) is 0 Å². The SMILES string of the molecule is CCC/C(N)=C(/C=O)c1cc(C(C)=O)ccc1NC.CCCC.CNC. The maximum absolute atomic E-state index is 11.4. The van der Waals surface area contributed by atoms with Crippen LogP contribution in [-0.2, 0) is 4.79 Å². The van der Waals surface area contributed by atoms with E-state index >= 15 is 0 Å². The number of anilines is 1. The normalized spacial score (nSPS) is 10.4. The Balaban J connectivity index is 0. The molecule has 0 aliphatic heterocycles. The summed E-state index contributed by atoms with van der Waals surface area (Å²) in [6.45, 7) is 7.86. The number of aldehydes is 1. The lowest BCUT2D eigenvalue weighted by Crippen LogP contribution is -2.06. The summed E-state index contributed by atoms with van der Waals surface area (Å²) in [6, 6.07) is 5.23. The van der Waals surface area contributed by atoms with E-state index in [0.717, 1.165) is 18.4 Å². The van der Waals surface area contributed by atoms with Gasteiger partial charge < -0.3 is 16.4 Å². The van der Waals surface area contributed by atoms with E-state index in [1.165, 1.54) is 19.8 Å². The fourth-order valence-corrected chi connectivity index (χ4v) is 1.92. The van der Waals surface area contributed by atoms with Gasteiger partial charge in [-0.25, -0.2) is 0 Å². The van der Waals surface area contributed by atoms with Crippen LogP contribution in [-0.4, -0.2) is 33.2 Å². The molecule has 0 heterocycles. The predicted molar refractivity (Wildman–Crippen MR) is 114 cm³/mol. The summed E-state index contributed by atoms with van der Waals surface area (Å²) in [7, 11) is 5.52. The number of nitrogens with one attached hydrogen (secondary N) is 2. The molecular weight excluding hydrogens is 326 g/mol. The molecule has 5 nitrogen and oxygen atoms in total. The van der Waals surface area contributed by atoms with Crippen LogP contribution >= 0.6 is 0 Å². The zero-order chi connectivity index (χ0) is 20.5. The van der Waals surface area contributed by atoms with Crippen molar-refractivity contribution < 1.29 is 9.59 Å². The molecule has 0 amide bonds. The van der Waals surface area contributed by atoms with Crippen molar-refractivity contribution in [2.75, 3.05) is 26.5 Å². The maximum Gasteiger partial charge on any atom is 0.159 e. The highest BCUT2D eigenvalue weighted by Crippen LogP contribution is 2.26. The van der Waals surface area contributed by atoms with E-state index in [0.29, 0.717) is 28.8 Å². The molecule has 5 heteroatoms. The van der Waals surface area contributed by atoms with Gasteiger partial charge in [0, 0.05) is 35.1 Å². The second-order valence-electron chi connectivity index (χ2n) is 5.87. The van der Waals surface area contributed by atoms with E-state index in [9.17, 15) is 9.59 Å². The van der Waals surface area contributed by atoms with Crippen LogP contribution < -0.4 is 16.4 Å². The second kappa shape index (κ2) is 16.3. The van der Waals surface area contributed by atoms with Gasteiger partial charge in [-0.3, -0.25) is 9.59 Å². The molecule has 0 spiro atoms. The summed E-state index contributed by atoms with van der Waals surface area (Å²) in [5.74, 6) is -0.0387. The van der Waals surface area contributed by atoms with Crippen molar-refractivity contribution in [3.05, 3.63) is 35.0 Å². The Labute approximate surface area is 159 Å². The smallest absolute Gasteiger partial charge is 0.159 e. The molecule has 0 bridgehead atoms. The van der Waals surface area contributed by atoms with Crippen LogP contribution in [0.3, 0.4) is 0 Å². The highest BCUT2D eigenvalue weighted by Gasteiger charge is 2.12. The lowest BCUT2D eigenvalue weighted by atomic mass is 9.97. The summed E-state index contributed by atoms with van der Waals surface area (Å²) < 4.78 is 0. The monoisotopic (exact) mass is 363 g/mol. The van der Waals surface area contributed by atoms with E-state index in [2.05, 4.69) is 24.5 Å². The highest BCUT2D eigenvalue weighted by atomic mass is 16.1. The fraction of sp³-hybridized carbons (Fsp3) is 0.524. The van der Waals surface area contributed by atoms with E-state index in [-0.39, 0.29) is 5.78 Å². The molecule has 0 saturated carbocycles.